The number of aromatic nitrogens is 3. The standard InChI is InChI=1S/C25H27F2N5O4S/c1-4-31-23(35)19-21(34)20(33)16(13-32(19)30(3)25(31)9-7-24(2,36)8-10-25)22-29-28-18(37-22)11-14-5-6-15(26)12-17(14)27/h5-6,12-13,34,36H,4,7-11H2,1-3H3. The predicted molar refractivity (Wildman–Crippen MR) is 133 cm³/mol. The lowest BCUT2D eigenvalue weighted by atomic mass is 9.78. The molecule has 0 bridgehead atoms. The second-order valence-corrected chi connectivity index (χ2v) is 10.9. The van der Waals surface area contributed by atoms with Crippen molar-refractivity contribution in [2.45, 2.75) is 57.2 Å². The van der Waals surface area contributed by atoms with Gasteiger partial charge in [-0.2, -0.15) is 0 Å². The molecule has 3 aromatic rings. The first kappa shape index (κ1) is 25.3. The summed E-state index contributed by atoms with van der Waals surface area (Å²) < 4.78 is 28.8. The van der Waals surface area contributed by atoms with Crippen molar-refractivity contribution in [3.05, 3.63) is 62.5 Å². The van der Waals surface area contributed by atoms with Crippen molar-refractivity contribution < 1.29 is 23.8 Å². The van der Waals surface area contributed by atoms with Crippen LogP contribution in [0.3, 0.4) is 0 Å². The first-order valence-electron chi connectivity index (χ1n) is 12.0. The Bertz CT molecular complexity index is 1440. The van der Waals surface area contributed by atoms with Crippen molar-refractivity contribution in [2.75, 3.05) is 18.6 Å². The Kier molecular flexibility index (Phi) is 6.06. The Labute approximate surface area is 215 Å². The summed E-state index contributed by atoms with van der Waals surface area (Å²) in [5.41, 5.74) is -2.20. The van der Waals surface area contributed by atoms with Crippen LogP contribution < -0.4 is 10.4 Å². The quantitative estimate of drug-likeness (QED) is 0.532. The second kappa shape index (κ2) is 8.88. The average molecular weight is 532 g/mol. The number of aromatic hydroxyl groups is 1. The highest BCUT2D eigenvalue weighted by Gasteiger charge is 2.52. The maximum Gasteiger partial charge on any atom is 0.278 e. The van der Waals surface area contributed by atoms with Gasteiger partial charge in [-0.15, -0.1) is 10.2 Å². The van der Waals surface area contributed by atoms with Gasteiger partial charge >= 0.3 is 0 Å². The minimum absolute atomic E-state index is 0.0483. The van der Waals surface area contributed by atoms with E-state index in [0.717, 1.165) is 23.5 Å². The van der Waals surface area contributed by atoms with Crippen LogP contribution in [0.4, 0.5) is 8.78 Å². The van der Waals surface area contributed by atoms with Crippen LogP contribution in [0.2, 0.25) is 0 Å². The number of fused-ring (bicyclic) bond motifs is 1. The Morgan fingerprint density at radius 2 is 1.84 bits per heavy atom. The number of halogens is 2. The molecule has 1 aromatic carbocycles. The van der Waals surface area contributed by atoms with Crippen LogP contribution in [0.25, 0.3) is 10.6 Å². The van der Waals surface area contributed by atoms with Gasteiger partial charge in [0.15, 0.2) is 16.5 Å². The van der Waals surface area contributed by atoms with E-state index in [1.807, 2.05) is 11.9 Å². The van der Waals surface area contributed by atoms with Gasteiger partial charge < -0.3 is 15.1 Å². The molecule has 1 aliphatic heterocycles. The fourth-order valence-corrected chi connectivity index (χ4v) is 6.22. The van der Waals surface area contributed by atoms with Gasteiger partial charge in [0.1, 0.15) is 22.3 Å². The van der Waals surface area contributed by atoms with Crippen LogP contribution >= 0.6 is 11.3 Å². The molecule has 2 aromatic heterocycles. The molecule has 0 atom stereocenters. The highest BCUT2D eigenvalue weighted by Crippen LogP contribution is 2.43. The van der Waals surface area contributed by atoms with Crippen molar-refractivity contribution in [3.63, 3.8) is 0 Å². The monoisotopic (exact) mass is 531 g/mol. The highest BCUT2D eigenvalue weighted by molar-refractivity contribution is 7.14. The molecule has 2 N–H and O–H groups in total. The van der Waals surface area contributed by atoms with Gasteiger partial charge in [0.05, 0.1) is 11.2 Å². The third-order valence-electron chi connectivity index (χ3n) is 7.54. The highest BCUT2D eigenvalue weighted by atomic mass is 32.1. The van der Waals surface area contributed by atoms with Crippen molar-refractivity contribution in [1.29, 1.82) is 0 Å². The van der Waals surface area contributed by atoms with Crippen molar-refractivity contribution in [3.8, 4) is 16.3 Å². The Morgan fingerprint density at radius 1 is 1.14 bits per heavy atom. The van der Waals surface area contributed by atoms with E-state index >= 15 is 0 Å². The van der Waals surface area contributed by atoms with Gasteiger partial charge in [0.2, 0.25) is 5.43 Å². The molecule has 1 fully saturated rings. The summed E-state index contributed by atoms with van der Waals surface area (Å²) in [4.78, 5) is 28.3. The van der Waals surface area contributed by atoms with E-state index < -0.39 is 40.0 Å². The number of aliphatic hydroxyl groups is 1. The lowest BCUT2D eigenvalue weighted by Gasteiger charge is -2.57. The van der Waals surface area contributed by atoms with Gasteiger partial charge in [-0.3, -0.25) is 19.3 Å². The van der Waals surface area contributed by atoms with Gasteiger partial charge in [0, 0.05) is 32.3 Å². The lowest BCUT2D eigenvalue weighted by molar-refractivity contribution is -0.0485. The zero-order valence-corrected chi connectivity index (χ0v) is 21.5. The van der Waals surface area contributed by atoms with Crippen LogP contribution in [0.5, 0.6) is 5.75 Å². The first-order valence-corrected chi connectivity index (χ1v) is 12.8. The maximum atomic E-state index is 14.1. The van der Waals surface area contributed by atoms with E-state index in [1.165, 1.54) is 16.9 Å². The zero-order valence-electron chi connectivity index (χ0n) is 20.7. The summed E-state index contributed by atoms with van der Waals surface area (Å²) in [6.45, 7) is 3.98. The number of hydrogen-bond donors (Lipinski definition) is 2. The van der Waals surface area contributed by atoms with E-state index in [1.54, 1.807) is 18.9 Å². The summed E-state index contributed by atoms with van der Waals surface area (Å²) in [6.07, 6.45) is 3.49. The van der Waals surface area contributed by atoms with Crippen molar-refractivity contribution in [1.82, 2.24) is 19.8 Å². The third-order valence-corrected chi connectivity index (χ3v) is 8.49. The molecule has 37 heavy (non-hydrogen) atoms. The molecule has 0 radical (unpaired) electrons. The van der Waals surface area contributed by atoms with Gasteiger partial charge in [-0.1, -0.05) is 17.4 Å². The number of benzene rings is 1. The topological polar surface area (TPSA) is 112 Å². The van der Waals surface area contributed by atoms with E-state index in [2.05, 4.69) is 10.2 Å². The van der Waals surface area contributed by atoms with E-state index in [4.69, 9.17) is 0 Å². The van der Waals surface area contributed by atoms with E-state index in [0.29, 0.717) is 37.2 Å². The van der Waals surface area contributed by atoms with Gasteiger partial charge in [-0.05, 0) is 51.2 Å². The molecule has 5 rings (SSSR count). The average Bonchev–Trinajstić information content (AvgIpc) is 3.31. The summed E-state index contributed by atoms with van der Waals surface area (Å²) in [6, 6.07) is 3.27. The molecule has 0 saturated heterocycles. The fourth-order valence-electron chi connectivity index (χ4n) is 5.35. The number of amides is 1. The molecule has 196 valence electrons. The minimum atomic E-state index is -0.835. The van der Waals surface area contributed by atoms with Gasteiger partial charge in [0.25, 0.3) is 5.91 Å². The third kappa shape index (κ3) is 4.08. The Hall–Kier alpha value is -3.38. The van der Waals surface area contributed by atoms with Crippen LogP contribution in [0.15, 0.2) is 29.2 Å². The number of pyridine rings is 1. The Morgan fingerprint density at radius 3 is 2.49 bits per heavy atom. The maximum absolute atomic E-state index is 14.1. The fraction of sp³-hybridized carbons (Fsp3) is 0.440. The van der Waals surface area contributed by atoms with Crippen LogP contribution in [-0.4, -0.2) is 60.7 Å². The second-order valence-electron chi connectivity index (χ2n) is 9.88. The number of hydrogen-bond acceptors (Lipinski definition) is 8. The van der Waals surface area contributed by atoms with Crippen molar-refractivity contribution in [2.24, 2.45) is 0 Å². The molecular weight excluding hydrogens is 504 g/mol. The van der Waals surface area contributed by atoms with Crippen LogP contribution in [-0.2, 0) is 6.42 Å². The minimum Gasteiger partial charge on any atom is -0.502 e. The smallest absolute Gasteiger partial charge is 0.278 e. The molecule has 1 spiro atoms. The molecule has 0 unspecified atom stereocenters. The number of rotatable bonds is 4. The SMILES string of the molecule is CCN1C(=O)c2c(O)c(=O)c(-c3nnc(Cc4ccc(F)cc4F)s3)cn2N(C)C12CCC(C)(O)CC2. The molecule has 12 heteroatoms. The Balaban J connectivity index is 1.56. The molecule has 1 aliphatic carbocycles. The van der Waals surface area contributed by atoms with Crippen LogP contribution in [0.1, 0.15) is 60.6 Å². The summed E-state index contributed by atoms with van der Waals surface area (Å²) in [7, 11) is 1.79. The summed E-state index contributed by atoms with van der Waals surface area (Å²) in [5.74, 6) is -2.54. The first-order chi connectivity index (χ1) is 17.5. The summed E-state index contributed by atoms with van der Waals surface area (Å²) >= 11 is 1.05. The molecule has 1 saturated carbocycles. The number of nitrogens with zero attached hydrogens (tertiary/aromatic N) is 5. The van der Waals surface area contributed by atoms with Crippen LogP contribution in [0, 0.1) is 11.6 Å². The molecular formula is C25H27F2N5O4S. The largest absolute Gasteiger partial charge is 0.502 e. The summed E-state index contributed by atoms with van der Waals surface area (Å²) in [5, 5.41) is 32.0. The molecule has 3 heterocycles. The lowest BCUT2D eigenvalue weighted by Crippen LogP contribution is -2.70. The molecule has 2 aliphatic rings. The molecule has 1 amide bonds. The normalized spacial score (nSPS) is 23.6. The predicted octanol–water partition coefficient (Wildman–Crippen LogP) is 3.01. The zero-order chi connectivity index (χ0) is 26.7. The number of carbonyl (C=O) groups excluding carboxylic acids is 1. The number of carbonyl (C=O) groups is 1. The van der Waals surface area contributed by atoms with E-state index in [9.17, 15) is 28.6 Å². The van der Waals surface area contributed by atoms with Gasteiger partial charge in [-0.25, -0.2) is 8.78 Å². The molecule has 9 nitrogen and oxygen atoms in total. The van der Waals surface area contributed by atoms with E-state index in [-0.39, 0.29) is 28.2 Å². The van der Waals surface area contributed by atoms with Crippen molar-refractivity contribution >= 4 is 17.2 Å².